The molecule has 2 unspecified atom stereocenters. The predicted octanol–water partition coefficient (Wildman–Crippen LogP) is 8.07. The molecule has 12 nitrogen and oxygen atoms in total. The third-order valence-corrected chi connectivity index (χ3v) is 10.5. The van der Waals surface area contributed by atoms with Crippen molar-refractivity contribution in [3.63, 3.8) is 0 Å². The molecule has 0 bridgehead atoms. The van der Waals surface area contributed by atoms with Crippen molar-refractivity contribution in [1.82, 2.24) is 40.0 Å². The van der Waals surface area contributed by atoms with Gasteiger partial charge >= 0.3 is 0 Å². The van der Waals surface area contributed by atoms with Crippen LogP contribution in [-0.2, 0) is 13.1 Å². The van der Waals surface area contributed by atoms with Gasteiger partial charge in [0.25, 0.3) is 11.8 Å². The van der Waals surface area contributed by atoms with Crippen molar-refractivity contribution in [2.24, 2.45) is 0 Å². The first-order chi connectivity index (χ1) is 26.1. The van der Waals surface area contributed by atoms with Gasteiger partial charge in [0.15, 0.2) is 0 Å². The fourth-order valence-corrected chi connectivity index (χ4v) is 7.54. The van der Waals surface area contributed by atoms with E-state index in [1.165, 1.54) is 22.7 Å². The summed E-state index contributed by atoms with van der Waals surface area (Å²) in [5.41, 5.74) is 2.15. The van der Waals surface area contributed by atoms with Crippen LogP contribution in [0.1, 0.15) is 70.7 Å². The summed E-state index contributed by atoms with van der Waals surface area (Å²) >= 11 is 2.96. The van der Waals surface area contributed by atoms with E-state index in [1.54, 1.807) is 60.9 Å². The molecule has 8 rings (SSSR count). The van der Waals surface area contributed by atoms with Gasteiger partial charge in [0.1, 0.15) is 10.0 Å². The zero-order valence-electron chi connectivity index (χ0n) is 28.4. The number of aromatic nitrogens is 6. The molecule has 2 fully saturated rings. The topological polar surface area (TPSA) is 158 Å². The van der Waals surface area contributed by atoms with Gasteiger partial charge in [-0.2, -0.15) is 20.5 Å². The number of likely N-dealkylation sites (tertiary alicyclic amines) is 2. The third kappa shape index (κ3) is 8.86. The van der Waals surface area contributed by atoms with E-state index in [-0.39, 0.29) is 62.2 Å². The lowest BCUT2D eigenvalue weighted by atomic mass is 9.98. The molecule has 54 heavy (non-hydrogen) atoms. The van der Waals surface area contributed by atoms with Gasteiger partial charge in [-0.15, -0.1) is 22.7 Å². The maximum absolute atomic E-state index is 14.1. The number of nitrogens with zero attached hydrogens (tertiary/aromatic N) is 10. The van der Waals surface area contributed by atoms with Gasteiger partial charge in [-0.05, 0) is 24.3 Å². The van der Waals surface area contributed by atoms with E-state index in [0.717, 1.165) is 10.0 Å². The Hall–Kier alpha value is -5.40. The molecule has 6 aromatic rings. The van der Waals surface area contributed by atoms with Crippen LogP contribution in [0.3, 0.4) is 0 Å². The van der Waals surface area contributed by atoms with E-state index in [0.29, 0.717) is 35.3 Å². The lowest BCUT2D eigenvalue weighted by Gasteiger charge is -2.36. The second-order valence-electron chi connectivity index (χ2n) is 12.7. The van der Waals surface area contributed by atoms with Gasteiger partial charge in [0.2, 0.25) is 23.4 Å². The molecule has 0 aliphatic carbocycles. The number of halogens is 4. The van der Waals surface area contributed by atoms with Crippen molar-refractivity contribution in [2.45, 2.75) is 62.7 Å². The number of hydrogen-bond donors (Lipinski definition) is 0. The zero-order chi connectivity index (χ0) is 37.7. The second-order valence-corrected chi connectivity index (χ2v) is 14.7. The highest BCUT2D eigenvalue weighted by atomic mass is 32.1. The molecule has 2 aliphatic heterocycles. The molecular formula is C36H30F4N10O2S2. The monoisotopic (exact) mass is 774 g/mol. The number of rotatable bonds is 8. The Morgan fingerprint density at radius 3 is 1.54 bits per heavy atom. The van der Waals surface area contributed by atoms with E-state index in [1.807, 2.05) is 20.6 Å². The first-order valence-electron chi connectivity index (χ1n) is 16.8. The Labute approximate surface area is 314 Å². The molecule has 6 heterocycles. The summed E-state index contributed by atoms with van der Waals surface area (Å²) < 4.78 is 66.9. The first-order valence-corrected chi connectivity index (χ1v) is 18.5. The van der Waals surface area contributed by atoms with Crippen LogP contribution in [0.25, 0.3) is 22.8 Å². The molecular weight excluding hydrogens is 745 g/mol. The lowest BCUT2D eigenvalue weighted by molar-refractivity contribution is -0.0875. The van der Waals surface area contributed by atoms with Crippen LogP contribution in [0.4, 0.5) is 17.6 Å². The van der Waals surface area contributed by atoms with Gasteiger partial charge in [-0.25, -0.2) is 27.5 Å². The summed E-state index contributed by atoms with van der Waals surface area (Å²) in [6.45, 7) is 1.36. The quantitative estimate of drug-likeness (QED) is 0.137. The van der Waals surface area contributed by atoms with Crippen molar-refractivity contribution in [3.8, 4) is 34.9 Å². The van der Waals surface area contributed by atoms with Crippen LogP contribution < -0.4 is 0 Å². The maximum atomic E-state index is 14.1. The van der Waals surface area contributed by atoms with Crippen molar-refractivity contribution >= 4 is 22.7 Å². The number of thiazole rings is 2. The van der Waals surface area contributed by atoms with E-state index in [4.69, 9.17) is 19.6 Å². The summed E-state index contributed by atoms with van der Waals surface area (Å²) in [6.07, 6.45) is 2.22. The average molecular weight is 775 g/mol. The summed E-state index contributed by atoms with van der Waals surface area (Å²) in [5.74, 6) is -4.68. The zero-order valence-corrected chi connectivity index (χ0v) is 30.0. The van der Waals surface area contributed by atoms with Gasteiger partial charge in [-0.3, -0.25) is 9.80 Å². The predicted molar refractivity (Wildman–Crippen MR) is 188 cm³/mol. The van der Waals surface area contributed by atoms with Crippen LogP contribution in [-0.4, -0.2) is 65.0 Å². The normalized spacial score (nSPS) is 19.7. The third-order valence-electron chi connectivity index (χ3n) is 8.99. The second kappa shape index (κ2) is 15.9. The largest absolute Gasteiger partial charge is 0.337 e. The molecule has 2 saturated heterocycles. The van der Waals surface area contributed by atoms with Crippen LogP contribution in [0.5, 0.6) is 0 Å². The Kier molecular flexibility index (Phi) is 10.9. The fraction of sp³-hybridized carbons (Fsp3) is 0.333. The number of benzene rings is 2. The molecule has 0 radical (unpaired) electrons. The minimum atomic E-state index is -2.78. The van der Waals surface area contributed by atoms with E-state index >= 15 is 0 Å². The number of nitriles is 2. The first kappa shape index (κ1) is 36.9. The smallest absolute Gasteiger partial charge is 0.251 e. The van der Waals surface area contributed by atoms with Crippen LogP contribution in [0, 0.1) is 22.7 Å². The van der Waals surface area contributed by atoms with Gasteiger partial charge in [0.05, 0.1) is 48.4 Å². The van der Waals surface area contributed by atoms with Gasteiger partial charge in [-0.1, -0.05) is 34.6 Å². The molecule has 2 atom stereocenters. The van der Waals surface area contributed by atoms with E-state index in [2.05, 4.69) is 42.4 Å². The number of piperidine rings is 2. The average Bonchev–Trinajstić information content (AvgIpc) is 4.02. The minimum absolute atomic E-state index is 0.156. The maximum Gasteiger partial charge on any atom is 0.251 e. The number of hydrogen-bond acceptors (Lipinski definition) is 14. The highest BCUT2D eigenvalue weighted by molar-refractivity contribution is 7.09. The fourth-order valence-electron chi connectivity index (χ4n) is 6.26. The highest BCUT2D eigenvalue weighted by Gasteiger charge is 2.44. The molecule has 276 valence electrons. The van der Waals surface area contributed by atoms with Crippen molar-refractivity contribution in [2.75, 3.05) is 13.1 Å². The minimum Gasteiger partial charge on any atom is -0.337 e. The Morgan fingerprint density at radius 1 is 0.704 bits per heavy atom. The SMILES string of the molecule is N#Cc1cccc(-c2noc(C3CC(F)(F)CCN3Cc3nccs3)n2)c1.N#Cc1cccc(-c2noc(C3CC(F)(F)CCN3Cc3nccs3)n2)c1. The lowest BCUT2D eigenvalue weighted by Crippen LogP contribution is -2.41. The summed E-state index contributed by atoms with van der Waals surface area (Å²) in [5, 5.41) is 31.3. The standard InChI is InChI=1S/2C18H15F2N5OS/c2*19-18(20)4-6-25(11-15-22-5-7-27-15)14(9-18)17-23-16(24-26-17)13-3-1-2-12(8-13)10-21/h2*1-3,5,7-8,14H,4,6,9,11H2. The van der Waals surface area contributed by atoms with Crippen molar-refractivity contribution in [3.05, 3.63) is 105 Å². The Bertz CT molecular complexity index is 2090. The molecule has 2 aromatic carbocycles. The van der Waals surface area contributed by atoms with E-state index < -0.39 is 23.9 Å². The summed E-state index contributed by atoms with van der Waals surface area (Å²) in [7, 11) is 0. The molecule has 0 saturated carbocycles. The molecule has 4 aromatic heterocycles. The summed E-state index contributed by atoms with van der Waals surface area (Å²) in [4.78, 5) is 21.0. The molecule has 0 N–H and O–H groups in total. The van der Waals surface area contributed by atoms with Crippen molar-refractivity contribution in [1.29, 1.82) is 10.5 Å². The summed E-state index contributed by atoms with van der Waals surface area (Å²) in [6, 6.07) is 16.3. The van der Waals surface area contributed by atoms with Crippen LogP contribution >= 0.6 is 22.7 Å². The molecule has 2 aliphatic rings. The van der Waals surface area contributed by atoms with Crippen LogP contribution in [0.15, 0.2) is 80.7 Å². The van der Waals surface area contributed by atoms with Crippen LogP contribution in [0.2, 0.25) is 0 Å². The van der Waals surface area contributed by atoms with Gasteiger partial charge < -0.3 is 9.05 Å². The molecule has 18 heteroatoms. The number of alkyl halides is 4. The Balaban J connectivity index is 0.000000167. The molecule has 0 spiro atoms. The molecule has 0 amide bonds. The van der Waals surface area contributed by atoms with E-state index in [9.17, 15) is 17.6 Å². The van der Waals surface area contributed by atoms with Gasteiger partial charge in [0, 0.05) is 73.1 Å². The Morgan fingerprint density at radius 2 is 1.15 bits per heavy atom. The highest BCUT2D eigenvalue weighted by Crippen LogP contribution is 2.42. The van der Waals surface area contributed by atoms with Crippen molar-refractivity contribution < 1.29 is 26.6 Å².